The van der Waals surface area contributed by atoms with Gasteiger partial charge in [-0.1, -0.05) is 11.6 Å². The van der Waals surface area contributed by atoms with E-state index in [9.17, 15) is 0 Å². The van der Waals surface area contributed by atoms with Gasteiger partial charge in [-0.15, -0.1) is 0 Å². The lowest BCUT2D eigenvalue weighted by molar-refractivity contribution is -0.0711. The highest BCUT2D eigenvalue weighted by Crippen LogP contribution is 2.38. The molecule has 0 radical (unpaired) electrons. The van der Waals surface area contributed by atoms with Gasteiger partial charge in [-0.2, -0.15) is 11.8 Å². The van der Waals surface area contributed by atoms with E-state index >= 15 is 0 Å². The number of hydrogen-bond acceptors (Lipinski definition) is 3. The lowest BCUT2D eigenvalue weighted by Gasteiger charge is -2.39. The summed E-state index contributed by atoms with van der Waals surface area (Å²) in [5, 5.41) is 3.83. The van der Waals surface area contributed by atoms with Gasteiger partial charge in [-0.05, 0) is 58.6 Å². The Labute approximate surface area is 122 Å². The molecule has 2 rings (SSSR count). The van der Waals surface area contributed by atoms with Crippen molar-refractivity contribution >= 4 is 11.8 Å². The van der Waals surface area contributed by atoms with E-state index in [0.29, 0.717) is 12.1 Å². The van der Waals surface area contributed by atoms with E-state index in [0.717, 1.165) is 6.61 Å². The molecule has 3 atom stereocenters. The SMILES string of the molecule is CC(C)=CCC[C@H](C)N[C@H]1CCO[C@]2(CCSC2)C1. The molecule has 0 aliphatic carbocycles. The van der Waals surface area contributed by atoms with E-state index in [2.05, 4.69) is 43.9 Å². The fourth-order valence-electron chi connectivity index (χ4n) is 3.14. The minimum atomic E-state index is 0.209. The molecule has 0 aromatic heterocycles. The van der Waals surface area contributed by atoms with Crippen molar-refractivity contribution in [3.8, 4) is 0 Å². The third-order valence-electron chi connectivity index (χ3n) is 4.23. The molecule has 3 heteroatoms. The van der Waals surface area contributed by atoms with Crippen molar-refractivity contribution in [3.05, 3.63) is 11.6 Å². The van der Waals surface area contributed by atoms with Crippen LogP contribution < -0.4 is 5.32 Å². The van der Waals surface area contributed by atoms with Crippen molar-refractivity contribution in [1.29, 1.82) is 0 Å². The van der Waals surface area contributed by atoms with Gasteiger partial charge >= 0.3 is 0 Å². The summed E-state index contributed by atoms with van der Waals surface area (Å²) >= 11 is 2.06. The van der Waals surface area contributed by atoms with Crippen molar-refractivity contribution < 1.29 is 4.74 Å². The molecule has 19 heavy (non-hydrogen) atoms. The predicted octanol–water partition coefficient (Wildman–Crippen LogP) is 3.77. The minimum Gasteiger partial charge on any atom is -0.374 e. The quantitative estimate of drug-likeness (QED) is 0.776. The lowest BCUT2D eigenvalue weighted by Crippen LogP contribution is -2.49. The predicted molar refractivity (Wildman–Crippen MR) is 84.9 cm³/mol. The van der Waals surface area contributed by atoms with Crippen LogP contribution in [0.15, 0.2) is 11.6 Å². The fraction of sp³-hybridized carbons (Fsp3) is 0.875. The van der Waals surface area contributed by atoms with Gasteiger partial charge in [0.05, 0.1) is 5.60 Å². The third-order valence-corrected chi connectivity index (χ3v) is 5.46. The van der Waals surface area contributed by atoms with Gasteiger partial charge in [-0.25, -0.2) is 0 Å². The standard InChI is InChI=1S/C16H29NOS/c1-13(2)5-4-6-14(3)17-15-7-9-18-16(11-15)8-10-19-12-16/h5,14-15,17H,4,6-12H2,1-3H3/t14-,15-,16+/m0/s1. The number of hydrogen-bond donors (Lipinski definition) is 1. The topological polar surface area (TPSA) is 21.3 Å². The summed E-state index contributed by atoms with van der Waals surface area (Å²) in [4.78, 5) is 0. The molecular weight excluding hydrogens is 254 g/mol. The number of rotatable bonds is 5. The van der Waals surface area contributed by atoms with Crippen LogP contribution >= 0.6 is 11.8 Å². The summed E-state index contributed by atoms with van der Waals surface area (Å²) in [5.41, 5.74) is 1.64. The Bertz CT molecular complexity index is 306. The van der Waals surface area contributed by atoms with Crippen LogP contribution in [-0.4, -0.2) is 35.8 Å². The number of ether oxygens (including phenoxy) is 1. The Morgan fingerprint density at radius 2 is 2.37 bits per heavy atom. The molecule has 2 aliphatic rings. The average Bonchev–Trinajstić information content (AvgIpc) is 2.76. The average molecular weight is 283 g/mol. The first kappa shape index (κ1) is 15.4. The highest BCUT2D eigenvalue weighted by atomic mass is 32.2. The maximum absolute atomic E-state index is 6.08. The Morgan fingerprint density at radius 1 is 1.53 bits per heavy atom. The fourth-order valence-corrected chi connectivity index (χ4v) is 4.52. The first-order chi connectivity index (χ1) is 9.10. The van der Waals surface area contributed by atoms with Crippen molar-refractivity contribution in [2.75, 3.05) is 18.1 Å². The molecule has 1 spiro atoms. The highest BCUT2D eigenvalue weighted by molar-refractivity contribution is 7.99. The van der Waals surface area contributed by atoms with Crippen LogP contribution in [-0.2, 0) is 4.74 Å². The van der Waals surface area contributed by atoms with Gasteiger partial charge in [-0.3, -0.25) is 0 Å². The van der Waals surface area contributed by atoms with Gasteiger partial charge in [0.1, 0.15) is 0 Å². The second kappa shape index (κ2) is 7.14. The second-order valence-corrected chi connectivity index (χ2v) is 7.56. The monoisotopic (exact) mass is 283 g/mol. The van der Waals surface area contributed by atoms with Crippen LogP contribution in [0.1, 0.15) is 52.9 Å². The number of allylic oxidation sites excluding steroid dienone is 2. The van der Waals surface area contributed by atoms with E-state index in [1.54, 1.807) is 0 Å². The molecule has 0 bridgehead atoms. The minimum absolute atomic E-state index is 0.209. The van der Waals surface area contributed by atoms with Crippen LogP contribution in [0.2, 0.25) is 0 Å². The maximum atomic E-state index is 6.08. The van der Waals surface area contributed by atoms with E-state index in [-0.39, 0.29) is 5.60 Å². The third kappa shape index (κ3) is 4.80. The van der Waals surface area contributed by atoms with Gasteiger partial charge in [0, 0.05) is 24.4 Å². The van der Waals surface area contributed by atoms with Crippen LogP contribution in [0.25, 0.3) is 0 Å². The van der Waals surface area contributed by atoms with Crippen molar-refractivity contribution in [2.45, 2.75) is 70.6 Å². The summed E-state index contributed by atoms with van der Waals surface area (Å²) in [6.45, 7) is 7.62. The summed E-state index contributed by atoms with van der Waals surface area (Å²) < 4.78 is 6.08. The molecule has 2 nitrogen and oxygen atoms in total. The largest absolute Gasteiger partial charge is 0.374 e. The van der Waals surface area contributed by atoms with Crippen LogP contribution in [0.3, 0.4) is 0 Å². The summed E-state index contributed by atoms with van der Waals surface area (Å²) in [7, 11) is 0. The molecule has 2 fully saturated rings. The first-order valence-corrected chi connectivity index (χ1v) is 8.86. The van der Waals surface area contributed by atoms with Gasteiger partial charge in [0.15, 0.2) is 0 Å². The molecule has 0 aromatic carbocycles. The zero-order valence-electron chi connectivity index (χ0n) is 12.7. The maximum Gasteiger partial charge on any atom is 0.0795 e. The Morgan fingerprint density at radius 3 is 3.05 bits per heavy atom. The molecule has 2 heterocycles. The Hall–Kier alpha value is 0.0100. The molecule has 0 aromatic rings. The molecular formula is C16H29NOS. The number of thioether (sulfide) groups is 1. The van der Waals surface area contributed by atoms with Gasteiger partial charge in [0.2, 0.25) is 0 Å². The van der Waals surface area contributed by atoms with Crippen LogP contribution in [0, 0.1) is 0 Å². The molecule has 1 N–H and O–H groups in total. The van der Waals surface area contributed by atoms with Crippen molar-refractivity contribution in [3.63, 3.8) is 0 Å². The summed E-state index contributed by atoms with van der Waals surface area (Å²) in [5.74, 6) is 2.49. The molecule has 0 amide bonds. The Kier molecular flexibility index (Phi) is 5.79. The summed E-state index contributed by atoms with van der Waals surface area (Å²) in [6, 6.07) is 1.28. The van der Waals surface area contributed by atoms with Crippen LogP contribution in [0.5, 0.6) is 0 Å². The van der Waals surface area contributed by atoms with E-state index < -0.39 is 0 Å². The molecule has 0 saturated carbocycles. The molecule has 0 unspecified atom stereocenters. The second-order valence-electron chi connectivity index (χ2n) is 6.45. The molecule has 2 aliphatic heterocycles. The van der Waals surface area contributed by atoms with E-state index in [4.69, 9.17) is 4.74 Å². The van der Waals surface area contributed by atoms with Crippen LogP contribution in [0.4, 0.5) is 0 Å². The van der Waals surface area contributed by atoms with Crippen molar-refractivity contribution in [1.82, 2.24) is 5.32 Å². The normalized spacial score (nSPS) is 32.5. The van der Waals surface area contributed by atoms with Gasteiger partial charge < -0.3 is 10.1 Å². The Balaban J connectivity index is 1.74. The zero-order chi connectivity index (χ0) is 13.7. The molecule has 2 saturated heterocycles. The van der Waals surface area contributed by atoms with Gasteiger partial charge in [0.25, 0.3) is 0 Å². The highest BCUT2D eigenvalue weighted by Gasteiger charge is 2.40. The van der Waals surface area contributed by atoms with E-state index in [1.165, 1.54) is 49.2 Å². The lowest BCUT2D eigenvalue weighted by atomic mass is 9.89. The molecule has 110 valence electrons. The number of nitrogens with one attached hydrogen (secondary N) is 1. The summed E-state index contributed by atoms with van der Waals surface area (Å²) in [6.07, 6.45) is 8.43. The van der Waals surface area contributed by atoms with E-state index in [1.807, 2.05) is 0 Å². The van der Waals surface area contributed by atoms with Crippen molar-refractivity contribution in [2.24, 2.45) is 0 Å². The smallest absolute Gasteiger partial charge is 0.0795 e. The zero-order valence-corrected chi connectivity index (χ0v) is 13.5. The first-order valence-electron chi connectivity index (χ1n) is 7.71.